The predicted molar refractivity (Wildman–Crippen MR) is 161 cm³/mol. The molecular weight excluding hydrogens is 568 g/mol. The van der Waals surface area contributed by atoms with E-state index in [9.17, 15) is 34.7 Å². The number of esters is 1. The van der Waals surface area contributed by atoms with Gasteiger partial charge in [-0.25, -0.2) is 9.59 Å². The molecule has 0 aliphatic rings. The minimum Gasteiger partial charge on any atom is -0.508 e. The highest BCUT2D eigenvalue weighted by Crippen LogP contribution is 2.27. The Bertz CT molecular complexity index is 1360. The number of benzene rings is 2. The van der Waals surface area contributed by atoms with Gasteiger partial charge in [0.15, 0.2) is 0 Å². The maximum Gasteiger partial charge on any atom is 0.408 e. The van der Waals surface area contributed by atoms with Gasteiger partial charge in [-0.2, -0.15) is 5.26 Å². The minimum absolute atomic E-state index is 0.0640. The van der Waals surface area contributed by atoms with Crippen molar-refractivity contribution < 1.29 is 38.9 Å². The number of nitrogens with zero attached hydrogens (tertiary/aromatic N) is 2. The molecule has 2 aromatic carbocycles. The molecule has 0 aromatic heterocycles. The smallest absolute Gasteiger partial charge is 0.408 e. The fraction of sp³-hybridized carbons (Fsp3) is 0.469. The summed E-state index contributed by atoms with van der Waals surface area (Å²) >= 11 is 0. The molecule has 0 saturated carbocycles. The van der Waals surface area contributed by atoms with E-state index in [1.165, 1.54) is 18.2 Å². The number of rotatable bonds is 11. The van der Waals surface area contributed by atoms with Crippen molar-refractivity contribution in [1.82, 2.24) is 15.5 Å². The number of carbonyl (C=O) groups is 4. The fourth-order valence-electron chi connectivity index (χ4n) is 4.20. The van der Waals surface area contributed by atoms with Gasteiger partial charge >= 0.3 is 12.1 Å². The fourth-order valence-corrected chi connectivity index (χ4v) is 4.20. The number of ether oxygens (including phenoxy) is 2. The number of hydrogen-bond donors (Lipinski definition) is 4. The lowest BCUT2D eigenvalue weighted by Gasteiger charge is -2.33. The largest absolute Gasteiger partial charge is 0.508 e. The Morgan fingerprint density at radius 3 is 2.07 bits per heavy atom. The molecule has 3 unspecified atom stereocenters. The van der Waals surface area contributed by atoms with Gasteiger partial charge in [0, 0.05) is 6.42 Å². The molecule has 0 saturated heterocycles. The highest BCUT2D eigenvalue weighted by molar-refractivity contribution is 5.94. The summed E-state index contributed by atoms with van der Waals surface area (Å²) in [6.45, 7) is 10.0. The lowest BCUT2D eigenvalue weighted by molar-refractivity contribution is -0.159. The summed E-state index contributed by atoms with van der Waals surface area (Å²) in [6.07, 6.45) is -0.926. The number of aliphatic hydroxyl groups excluding tert-OH is 1. The average Bonchev–Trinajstić information content (AvgIpc) is 2.91. The number of phenols is 1. The first-order valence-electron chi connectivity index (χ1n) is 14.1. The zero-order chi connectivity index (χ0) is 33.2. The Morgan fingerprint density at radius 1 is 0.932 bits per heavy atom. The molecule has 0 fully saturated rings. The second kappa shape index (κ2) is 15.2. The third-order valence-corrected chi connectivity index (χ3v) is 6.08. The Hall–Kier alpha value is -4.63. The predicted octanol–water partition coefficient (Wildman–Crippen LogP) is 3.05. The second-order valence-corrected chi connectivity index (χ2v) is 12.2. The monoisotopic (exact) mass is 610 g/mol. The molecule has 0 spiro atoms. The van der Waals surface area contributed by atoms with Crippen molar-refractivity contribution in [1.29, 1.82) is 5.26 Å². The summed E-state index contributed by atoms with van der Waals surface area (Å²) in [6, 6.07) is 10.7. The number of aryl methyl sites for hydroxylation is 1. The maximum absolute atomic E-state index is 14.1. The van der Waals surface area contributed by atoms with Crippen molar-refractivity contribution in [2.45, 2.75) is 84.2 Å². The normalized spacial score (nSPS) is 13.4. The van der Waals surface area contributed by atoms with Gasteiger partial charge in [0.2, 0.25) is 11.8 Å². The van der Waals surface area contributed by atoms with Crippen LogP contribution in [0.5, 0.6) is 5.75 Å². The van der Waals surface area contributed by atoms with Gasteiger partial charge in [-0.15, -0.1) is 0 Å². The van der Waals surface area contributed by atoms with Crippen LogP contribution in [-0.4, -0.2) is 75.4 Å². The van der Waals surface area contributed by atoms with E-state index in [4.69, 9.17) is 9.47 Å². The summed E-state index contributed by atoms with van der Waals surface area (Å²) < 4.78 is 10.8. The molecular formula is C32H42N4O8. The molecule has 2 rings (SSSR count). The number of phenolic OH excluding ortho intramolecular Hbond substituents is 1. The average molecular weight is 611 g/mol. The van der Waals surface area contributed by atoms with E-state index in [2.05, 4.69) is 10.6 Å². The third kappa shape index (κ3) is 10.9. The van der Waals surface area contributed by atoms with E-state index in [1.54, 1.807) is 72.7 Å². The van der Waals surface area contributed by atoms with E-state index in [0.29, 0.717) is 5.56 Å². The molecule has 0 heterocycles. The van der Waals surface area contributed by atoms with E-state index in [0.717, 1.165) is 10.5 Å². The second-order valence-electron chi connectivity index (χ2n) is 12.2. The summed E-state index contributed by atoms with van der Waals surface area (Å²) in [5, 5.41) is 34.8. The molecule has 12 nitrogen and oxygen atoms in total. The Kier molecular flexibility index (Phi) is 12.3. The number of alkyl carbamates (subject to hydrolysis) is 1. The van der Waals surface area contributed by atoms with Gasteiger partial charge in [0.05, 0.1) is 12.7 Å². The molecule has 0 aliphatic heterocycles. The van der Waals surface area contributed by atoms with Gasteiger partial charge in [0.1, 0.15) is 41.6 Å². The van der Waals surface area contributed by atoms with Gasteiger partial charge in [-0.05, 0) is 77.3 Å². The molecule has 0 bridgehead atoms. The van der Waals surface area contributed by atoms with E-state index < -0.39 is 66.4 Å². The van der Waals surface area contributed by atoms with Gasteiger partial charge in [-0.3, -0.25) is 9.59 Å². The van der Waals surface area contributed by atoms with Crippen LogP contribution in [0.4, 0.5) is 4.79 Å². The Balaban J connectivity index is 2.57. The number of amides is 3. The first kappa shape index (κ1) is 35.6. The van der Waals surface area contributed by atoms with Crippen LogP contribution in [0.2, 0.25) is 0 Å². The molecule has 0 aliphatic carbocycles. The van der Waals surface area contributed by atoms with Crippen LogP contribution in [0.15, 0.2) is 48.5 Å². The number of carbonyl (C=O) groups excluding carboxylic acids is 4. The van der Waals surface area contributed by atoms with Crippen LogP contribution >= 0.6 is 0 Å². The van der Waals surface area contributed by atoms with Crippen molar-refractivity contribution >= 4 is 23.9 Å². The highest BCUT2D eigenvalue weighted by Gasteiger charge is 2.38. The Labute approximate surface area is 258 Å². The van der Waals surface area contributed by atoms with Crippen LogP contribution in [0.1, 0.15) is 64.3 Å². The number of aromatic hydroxyl groups is 1. The van der Waals surface area contributed by atoms with Crippen molar-refractivity contribution in [2.75, 3.05) is 13.2 Å². The lowest BCUT2D eigenvalue weighted by atomic mass is 9.99. The standard InChI is InChI=1S/C32H42N4O8/c1-20-17-22(13-14-25(20)38)26(36(16-15-33)28(40)24(19-37)35-30(42)44-32(5,6)7)27(39)34-23(29(41)43-31(2,3)4)18-21-11-9-8-10-12-21/h8-14,17,23-24,26,37-38H,16,18-19H2,1-7H3,(H,34,39)(H,35,42). The molecule has 2 aromatic rings. The number of nitrogens with one attached hydrogen (secondary N) is 2. The molecule has 4 N–H and O–H groups in total. The van der Waals surface area contributed by atoms with Crippen LogP contribution in [-0.2, 0) is 30.3 Å². The molecule has 3 atom stereocenters. The quantitative estimate of drug-likeness (QED) is 0.220. The van der Waals surface area contributed by atoms with E-state index >= 15 is 0 Å². The zero-order valence-corrected chi connectivity index (χ0v) is 26.2. The molecule has 238 valence electrons. The minimum atomic E-state index is -1.57. The van der Waals surface area contributed by atoms with E-state index in [1.807, 2.05) is 12.1 Å². The van der Waals surface area contributed by atoms with Crippen LogP contribution in [0, 0.1) is 18.3 Å². The number of hydrogen-bond acceptors (Lipinski definition) is 9. The lowest BCUT2D eigenvalue weighted by Crippen LogP contribution is -2.56. The van der Waals surface area contributed by atoms with Crippen LogP contribution in [0.3, 0.4) is 0 Å². The molecule has 0 radical (unpaired) electrons. The number of nitriles is 1. The summed E-state index contributed by atoms with van der Waals surface area (Å²) in [5.41, 5.74) is -0.455. The molecule has 44 heavy (non-hydrogen) atoms. The van der Waals surface area contributed by atoms with Crippen molar-refractivity contribution in [3.63, 3.8) is 0 Å². The third-order valence-electron chi connectivity index (χ3n) is 6.08. The van der Waals surface area contributed by atoms with Crippen molar-refractivity contribution in [3.8, 4) is 11.8 Å². The highest BCUT2D eigenvalue weighted by atomic mass is 16.6. The van der Waals surface area contributed by atoms with Gasteiger partial charge in [-0.1, -0.05) is 36.4 Å². The summed E-state index contributed by atoms with van der Waals surface area (Å²) in [4.78, 5) is 54.5. The topological polar surface area (TPSA) is 178 Å². The molecule has 3 amide bonds. The first-order chi connectivity index (χ1) is 20.5. The summed E-state index contributed by atoms with van der Waals surface area (Å²) in [7, 11) is 0. The zero-order valence-electron chi connectivity index (χ0n) is 26.2. The summed E-state index contributed by atoms with van der Waals surface area (Å²) in [5.74, 6) is -2.57. The SMILES string of the molecule is Cc1cc(C(C(=O)NC(Cc2ccccc2)C(=O)OC(C)(C)C)N(CC#N)C(=O)C(CO)NC(=O)OC(C)(C)C)ccc1O. The van der Waals surface area contributed by atoms with Gasteiger partial charge < -0.3 is 35.2 Å². The van der Waals surface area contributed by atoms with Crippen LogP contribution < -0.4 is 10.6 Å². The van der Waals surface area contributed by atoms with Crippen molar-refractivity contribution in [3.05, 3.63) is 65.2 Å². The molecule has 12 heteroatoms. The van der Waals surface area contributed by atoms with Crippen molar-refractivity contribution in [2.24, 2.45) is 0 Å². The van der Waals surface area contributed by atoms with Gasteiger partial charge in [0.25, 0.3) is 0 Å². The maximum atomic E-state index is 14.1. The first-order valence-corrected chi connectivity index (χ1v) is 14.1. The number of aliphatic hydroxyl groups is 1. The Morgan fingerprint density at radius 2 is 1.55 bits per heavy atom. The van der Waals surface area contributed by atoms with Crippen LogP contribution in [0.25, 0.3) is 0 Å². The van der Waals surface area contributed by atoms with E-state index in [-0.39, 0.29) is 17.7 Å².